The summed E-state index contributed by atoms with van der Waals surface area (Å²) in [4.78, 5) is 4.99. The average molecular weight is 423 g/mol. The van der Waals surface area contributed by atoms with Crippen molar-refractivity contribution in [3.05, 3.63) is 58.0 Å². The minimum Gasteiger partial charge on any atom is -0.239 e. The number of fused-ring (bicyclic) bond motifs is 1. The summed E-state index contributed by atoms with van der Waals surface area (Å²) in [6.07, 6.45) is 1.66. The van der Waals surface area contributed by atoms with E-state index in [-0.39, 0.29) is 6.04 Å². The number of rotatable bonds is 3. The van der Waals surface area contributed by atoms with E-state index in [1.165, 1.54) is 0 Å². The number of thiazole rings is 1. The summed E-state index contributed by atoms with van der Waals surface area (Å²) in [6.45, 7) is 0.532. The highest BCUT2D eigenvalue weighted by Gasteiger charge is 2.38. The molecule has 1 aliphatic rings. The fourth-order valence-electron chi connectivity index (χ4n) is 3.09. The van der Waals surface area contributed by atoms with Gasteiger partial charge in [0, 0.05) is 11.0 Å². The van der Waals surface area contributed by atoms with E-state index in [2.05, 4.69) is 20.9 Å². The topological polar surface area (TPSA) is 50.3 Å². The molecular formula is C17H15BrN2O2S2. The van der Waals surface area contributed by atoms with Crippen molar-refractivity contribution in [3.8, 4) is 0 Å². The molecular weight excluding hydrogens is 408 g/mol. The van der Waals surface area contributed by atoms with Crippen LogP contribution in [0, 0.1) is 0 Å². The lowest BCUT2D eigenvalue weighted by molar-refractivity contribution is 0.396. The van der Waals surface area contributed by atoms with Gasteiger partial charge < -0.3 is 0 Å². The van der Waals surface area contributed by atoms with Crippen LogP contribution in [0.1, 0.15) is 23.9 Å². The van der Waals surface area contributed by atoms with E-state index < -0.39 is 10.0 Å². The van der Waals surface area contributed by atoms with Crippen LogP contribution >= 0.6 is 27.3 Å². The quantitative estimate of drug-likeness (QED) is 0.620. The number of aromatic nitrogens is 1. The number of nitrogens with zero attached hydrogens (tertiary/aromatic N) is 2. The van der Waals surface area contributed by atoms with Crippen molar-refractivity contribution in [1.29, 1.82) is 0 Å². The van der Waals surface area contributed by atoms with Crippen LogP contribution in [0.5, 0.6) is 0 Å². The minimum absolute atomic E-state index is 0.181. The molecule has 2 aromatic carbocycles. The van der Waals surface area contributed by atoms with Crippen LogP contribution < -0.4 is 0 Å². The summed E-state index contributed by atoms with van der Waals surface area (Å²) in [6, 6.07) is 14.7. The van der Waals surface area contributed by atoms with Crippen molar-refractivity contribution in [2.24, 2.45) is 0 Å². The van der Waals surface area contributed by atoms with Gasteiger partial charge in [0.05, 0.1) is 21.2 Å². The van der Waals surface area contributed by atoms with Crippen LogP contribution in [0.3, 0.4) is 0 Å². The van der Waals surface area contributed by atoms with Crippen LogP contribution in [0.25, 0.3) is 10.2 Å². The lowest BCUT2D eigenvalue weighted by Crippen LogP contribution is -2.30. The number of benzene rings is 2. The molecule has 124 valence electrons. The first-order valence-electron chi connectivity index (χ1n) is 7.69. The Morgan fingerprint density at radius 3 is 2.67 bits per heavy atom. The van der Waals surface area contributed by atoms with Crippen LogP contribution in [-0.2, 0) is 10.0 Å². The molecule has 0 amide bonds. The largest absolute Gasteiger partial charge is 0.244 e. The predicted molar refractivity (Wildman–Crippen MR) is 99.6 cm³/mol. The Labute approximate surface area is 153 Å². The van der Waals surface area contributed by atoms with E-state index in [0.29, 0.717) is 15.9 Å². The van der Waals surface area contributed by atoms with Crippen molar-refractivity contribution in [2.45, 2.75) is 23.8 Å². The second-order valence-electron chi connectivity index (χ2n) is 5.72. The molecule has 1 fully saturated rings. The Hall–Kier alpha value is -1.28. The van der Waals surface area contributed by atoms with Crippen LogP contribution in [0.15, 0.2) is 57.9 Å². The normalized spacial score (nSPS) is 19.1. The Bertz CT molecular complexity index is 968. The van der Waals surface area contributed by atoms with E-state index in [9.17, 15) is 8.42 Å². The van der Waals surface area contributed by atoms with Gasteiger partial charge in [-0.25, -0.2) is 13.4 Å². The van der Waals surface area contributed by atoms with E-state index >= 15 is 0 Å². The molecule has 24 heavy (non-hydrogen) atoms. The molecule has 4 rings (SSSR count). The Morgan fingerprint density at radius 2 is 1.88 bits per heavy atom. The third-order valence-electron chi connectivity index (χ3n) is 4.22. The van der Waals surface area contributed by atoms with Crippen LogP contribution in [-0.4, -0.2) is 24.3 Å². The molecule has 2 heterocycles. The molecule has 0 radical (unpaired) electrons. The minimum atomic E-state index is -3.55. The fourth-order valence-corrected chi connectivity index (χ4v) is 6.90. The first-order valence-corrected chi connectivity index (χ1v) is 10.7. The lowest BCUT2D eigenvalue weighted by atomic mass is 10.2. The van der Waals surface area contributed by atoms with E-state index in [1.54, 1.807) is 33.8 Å². The van der Waals surface area contributed by atoms with Crippen molar-refractivity contribution in [2.75, 3.05) is 6.54 Å². The molecule has 0 unspecified atom stereocenters. The summed E-state index contributed by atoms with van der Waals surface area (Å²) in [5, 5.41) is 0.879. The number of halogens is 1. The maximum absolute atomic E-state index is 13.1. The number of hydrogen-bond donors (Lipinski definition) is 0. The number of hydrogen-bond acceptors (Lipinski definition) is 4. The van der Waals surface area contributed by atoms with Crippen LogP contribution in [0.2, 0.25) is 0 Å². The van der Waals surface area contributed by atoms with Gasteiger partial charge >= 0.3 is 0 Å². The van der Waals surface area contributed by atoms with Crippen molar-refractivity contribution in [1.82, 2.24) is 9.29 Å². The molecule has 0 spiro atoms. The zero-order valence-electron chi connectivity index (χ0n) is 12.7. The van der Waals surface area contributed by atoms with Gasteiger partial charge in [-0.2, -0.15) is 4.31 Å². The van der Waals surface area contributed by atoms with Gasteiger partial charge in [-0.3, -0.25) is 0 Å². The van der Waals surface area contributed by atoms with Gasteiger partial charge in [0.1, 0.15) is 5.01 Å². The van der Waals surface area contributed by atoms with Gasteiger partial charge in [-0.15, -0.1) is 11.3 Å². The highest BCUT2D eigenvalue weighted by Crippen LogP contribution is 2.40. The summed E-state index contributed by atoms with van der Waals surface area (Å²) >= 11 is 4.95. The van der Waals surface area contributed by atoms with E-state index in [0.717, 1.165) is 28.1 Å². The number of sulfonamides is 1. The zero-order chi connectivity index (χ0) is 16.7. The number of para-hydroxylation sites is 1. The van der Waals surface area contributed by atoms with Crippen molar-refractivity contribution >= 4 is 47.5 Å². The Kier molecular flexibility index (Phi) is 4.20. The Morgan fingerprint density at radius 1 is 1.12 bits per heavy atom. The lowest BCUT2D eigenvalue weighted by Gasteiger charge is -2.23. The van der Waals surface area contributed by atoms with Gasteiger partial charge in [0.2, 0.25) is 10.0 Å². The fraction of sp³-hybridized carbons (Fsp3) is 0.235. The summed E-state index contributed by atoms with van der Waals surface area (Å²) in [5.74, 6) is 0. The maximum Gasteiger partial charge on any atom is 0.244 e. The molecule has 0 aliphatic carbocycles. The Balaban J connectivity index is 1.76. The highest BCUT2D eigenvalue weighted by atomic mass is 79.9. The maximum atomic E-state index is 13.1. The monoisotopic (exact) mass is 422 g/mol. The van der Waals surface area contributed by atoms with Crippen LogP contribution in [0.4, 0.5) is 0 Å². The molecule has 0 saturated carbocycles. The van der Waals surface area contributed by atoms with E-state index in [4.69, 9.17) is 0 Å². The molecule has 4 nitrogen and oxygen atoms in total. The smallest absolute Gasteiger partial charge is 0.239 e. The molecule has 1 saturated heterocycles. The molecule has 1 aliphatic heterocycles. The second kappa shape index (κ2) is 6.22. The van der Waals surface area contributed by atoms with E-state index in [1.807, 2.05) is 30.3 Å². The predicted octanol–water partition coefficient (Wildman–Crippen LogP) is 4.58. The molecule has 1 atom stereocenters. The average Bonchev–Trinajstić information content (AvgIpc) is 3.21. The SMILES string of the molecule is O=S(=O)(c1ccccc1Br)N1CCC[C@H]1c1nc2ccccc2s1. The van der Waals surface area contributed by atoms with Gasteiger partial charge in [-0.1, -0.05) is 24.3 Å². The first kappa shape index (κ1) is 16.2. The first-order chi connectivity index (χ1) is 11.6. The summed E-state index contributed by atoms with van der Waals surface area (Å²) in [5.41, 5.74) is 0.933. The van der Waals surface area contributed by atoms with Gasteiger partial charge in [0.15, 0.2) is 0 Å². The van der Waals surface area contributed by atoms with Crippen molar-refractivity contribution in [3.63, 3.8) is 0 Å². The van der Waals surface area contributed by atoms with Gasteiger partial charge in [0.25, 0.3) is 0 Å². The molecule has 3 aromatic rings. The zero-order valence-corrected chi connectivity index (χ0v) is 15.9. The molecule has 1 aromatic heterocycles. The summed E-state index contributed by atoms with van der Waals surface area (Å²) < 4.78 is 29.5. The second-order valence-corrected chi connectivity index (χ2v) is 9.50. The standard InChI is InChI=1S/C17H15BrN2O2S2/c18-12-6-1-4-10-16(12)24(21,22)20-11-5-8-14(20)17-19-13-7-2-3-9-15(13)23-17/h1-4,6-7,9-10,14H,5,8,11H2/t14-/m0/s1. The highest BCUT2D eigenvalue weighted by molar-refractivity contribution is 9.10. The third kappa shape index (κ3) is 2.69. The van der Waals surface area contributed by atoms with Gasteiger partial charge in [-0.05, 0) is 53.0 Å². The molecule has 7 heteroatoms. The summed E-state index contributed by atoms with van der Waals surface area (Å²) in [7, 11) is -3.55. The van der Waals surface area contributed by atoms with Crippen molar-refractivity contribution < 1.29 is 8.42 Å². The third-order valence-corrected chi connectivity index (χ3v) is 8.28. The molecule has 0 bridgehead atoms. The molecule has 0 N–H and O–H groups in total.